The third-order valence-corrected chi connectivity index (χ3v) is 4.79. The van der Waals surface area contributed by atoms with Crippen LogP contribution in [-0.2, 0) is 35.6 Å². The zero-order valence-electron chi connectivity index (χ0n) is 15.5. The first-order chi connectivity index (χ1) is 11.4. The number of aromatic nitrogens is 1. The minimum absolute atomic E-state index is 0.0697. The molecule has 0 atom stereocenters. The molecule has 1 aliphatic heterocycles. The average molecular weight is 328 g/mol. The Morgan fingerprint density at radius 2 is 1.92 bits per heavy atom. The number of fused-ring (bicyclic) bond motifs is 2. The van der Waals surface area contributed by atoms with Gasteiger partial charge in [0.25, 0.3) is 0 Å². The number of esters is 1. The topological polar surface area (TPSA) is 34.5 Å². The maximum absolute atomic E-state index is 12.2. The van der Waals surface area contributed by atoms with E-state index in [1.165, 1.54) is 27.7 Å². The molecule has 0 aliphatic carbocycles. The molecule has 0 N–H and O–H groups in total. The van der Waals surface area contributed by atoms with Crippen molar-refractivity contribution in [1.82, 2.24) is 9.47 Å². The fourth-order valence-electron chi connectivity index (χ4n) is 3.80. The number of rotatable bonds is 5. The van der Waals surface area contributed by atoms with Crippen LogP contribution in [0, 0.1) is 6.92 Å². The van der Waals surface area contributed by atoms with Crippen LogP contribution in [0.4, 0.5) is 0 Å². The molecule has 2 heterocycles. The molecule has 0 radical (unpaired) electrons. The number of hydrogen-bond donors (Lipinski definition) is 0. The highest BCUT2D eigenvalue weighted by Gasteiger charge is 2.22. The molecular weight excluding hydrogens is 300 g/mol. The fourth-order valence-corrected chi connectivity index (χ4v) is 3.80. The van der Waals surface area contributed by atoms with Crippen LogP contribution >= 0.6 is 0 Å². The zero-order chi connectivity index (χ0) is 17.4. The van der Waals surface area contributed by atoms with Crippen molar-refractivity contribution >= 4 is 16.9 Å². The molecule has 2 aromatic rings. The van der Waals surface area contributed by atoms with Crippen molar-refractivity contribution in [2.45, 2.75) is 66.3 Å². The number of benzene rings is 1. The lowest BCUT2D eigenvalue weighted by molar-refractivity contribution is -0.146. The normalized spacial score (nSPS) is 14.6. The maximum atomic E-state index is 12.2. The van der Waals surface area contributed by atoms with Crippen LogP contribution in [0.5, 0.6) is 0 Å². The van der Waals surface area contributed by atoms with Gasteiger partial charge in [-0.25, -0.2) is 0 Å². The highest BCUT2D eigenvalue weighted by atomic mass is 16.5. The van der Waals surface area contributed by atoms with Crippen molar-refractivity contribution in [3.05, 3.63) is 34.5 Å². The van der Waals surface area contributed by atoms with Gasteiger partial charge >= 0.3 is 5.97 Å². The van der Waals surface area contributed by atoms with E-state index >= 15 is 0 Å². The van der Waals surface area contributed by atoms with E-state index < -0.39 is 0 Å². The molecule has 0 spiro atoms. The highest BCUT2D eigenvalue weighted by molar-refractivity contribution is 5.90. The van der Waals surface area contributed by atoms with Crippen LogP contribution < -0.4 is 0 Å². The standard InChI is InChI=1S/C20H28N2O2/c1-6-7-22-14(4)17(10-20(23)24-13(2)3)18-8-15-11-21(5)12-16(15)9-19(18)22/h8-9,13H,6-7,10-12H2,1-5H3. The van der Waals surface area contributed by atoms with E-state index in [-0.39, 0.29) is 12.1 Å². The summed E-state index contributed by atoms with van der Waals surface area (Å²) in [4.78, 5) is 14.6. The SMILES string of the molecule is CCCn1c(C)c(CC(=O)OC(C)C)c2cc3c(cc21)CN(C)C3. The number of carbonyl (C=O) groups excluding carboxylic acids is 1. The van der Waals surface area contributed by atoms with E-state index in [4.69, 9.17) is 4.74 Å². The van der Waals surface area contributed by atoms with E-state index in [0.29, 0.717) is 6.42 Å². The molecule has 4 nitrogen and oxygen atoms in total. The Kier molecular flexibility index (Phi) is 4.68. The number of aryl methyl sites for hydroxylation is 1. The van der Waals surface area contributed by atoms with Gasteiger partial charge in [-0.15, -0.1) is 0 Å². The third kappa shape index (κ3) is 3.07. The minimum Gasteiger partial charge on any atom is -0.463 e. The highest BCUT2D eigenvalue weighted by Crippen LogP contribution is 2.33. The smallest absolute Gasteiger partial charge is 0.310 e. The zero-order valence-corrected chi connectivity index (χ0v) is 15.5. The summed E-state index contributed by atoms with van der Waals surface area (Å²) < 4.78 is 7.75. The Labute approximate surface area is 144 Å². The van der Waals surface area contributed by atoms with Crippen molar-refractivity contribution in [3.63, 3.8) is 0 Å². The summed E-state index contributed by atoms with van der Waals surface area (Å²) in [6.45, 7) is 11.1. The summed E-state index contributed by atoms with van der Waals surface area (Å²) >= 11 is 0. The van der Waals surface area contributed by atoms with Gasteiger partial charge in [-0.1, -0.05) is 6.92 Å². The molecule has 1 aromatic carbocycles. The van der Waals surface area contributed by atoms with E-state index in [9.17, 15) is 4.79 Å². The fraction of sp³-hybridized carbons (Fsp3) is 0.550. The summed E-state index contributed by atoms with van der Waals surface area (Å²) in [6, 6.07) is 4.62. The number of carbonyl (C=O) groups is 1. The molecule has 3 rings (SSSR count). The summed E-state index contributed by atoms with van der Waals surface area (Å²) in [7, 11) is 2.15. The molecule has 0 bridgehead atoms. The van der Waals surface area contributed by atoms with E-state index in [2.05, 4.69) is 42.5 Å². The summed E-state index contributed by atoms with van der Waals surface area (Å²) in [5.74, 6) is -0.138. The van der Waals surface area contributed by atoms with Crippen molar-refractivity contribution in [2.24, 2.45) is 0 Å². The Hall–Kier alpha value is -1.81. The summed E-state index contributed by atoms with van der Waals surface area (Å²) in [6.07, 6.45) is 1.36. The molecule has 24 heavy (non-hydrogen) atoms. The van der Waals surface area contributed by atoms with Gasteiger partial charge in [-0.3, -0.25) is 9.69 Å². The van der Waals surface area contributed by atoms with Gasteiger partial charge < -0.3 is 9.30 Å². The second-order valence-electron chi connectivity index (χ2n) is 7.24. The minimum atomic E-state index is -0.138. The predicted octanol–water partition coefficient (Wildman–Crippen LogP) is 3.80. The molecule has 1 aromatic heterocycles. The molecule has 1 aliphatic rings. The largest absolute Gasteiger partial charge is 0.463 e. The molecule has 0 fully saturated rings. The van der Waals surface area contributed by atoms with Gasteiger partial charge in [0.15, 0.2) is 0 Å². The predicted molar refractivity (Wildman–Crippen MR) is 97.1 cm³/mol. The average Bonchev–Trinajstić information content (AvgIpc) is 2.96. The first-order valence-corrected chi connectivity index (χ1v) is 8.92. The second-order valence-corrected chi connectivity index (χ2v) is 7.24. The lowest BCUT2D eigenvalue weighted by Gasteiger charge is -2.09. The molecular formula is C20H28N2O2. The first kappa shape index (κ1) is 17.0. The molecule has 0 saturated heterocycles. The monoisotopic (exact) mass is 328 g/mol. The summed E-state index contributed by atoms with van der Waals surface area (Å²) in [5.41, 5.74) is 6.38. The van der Waals surface area contributed by atoms with Crippen molar-refractivity contribution < 1.29 is 9.53 Å². The van der Waals surface area contributed by atoms with Crippen LogP contribution in [0.3, 0.4) is 0 Å². The van der Waals surface area contributed by atoms with Crippen molar-refractivity contribution in [1.29, 1.82) is 0 Å². The van der Waals surface area contributed by atoms with Gasteiger partial charge in [0.2, 0.25) is 0 Å². The van der Waals surface area contributed by atoms with Gasteiger partial charge in [0.1, 0.15) is 0 Å². The van der Waals surface area contributed by atoms with Crippen LogP contribution in [0.1, 0.15) is 49.6 Å². The summed E-state index contributed by atoms with van der Waals surface area (Å²) in [5, 5.41) is 1.22. The van der Waals surface area contributed by atoms with Crippen LogP contribution in [0.25, 0.3) is 10.9 Å². The van der Waals surface area contributed by atoms with Crippen LogP contribution in [-0.4, -0.2) is 28.6 Å². The van der Waals surface area contributed by atoms with Crippen molar-refractivity contribution in [2.75, 3.05) is 7.05 Å². The quantitative estimate of drug-likeness (QED) is 0.783. The molecule has 4 heteroatoms. The second kappa shape index (κ2) is 6.60. The Bertz CT molecular complexity index is 774. The van der Waals surface area contributed by atoms with Crippen molar-refractivity contribution in [3.8, 4) is 0 Å². The van der Waals surface area contributed by atoms with E-state index in [0.717, 1.165) is 31.6 Å². The lowest BCUT2D eigenvalue weighted by Crippen LogP contribution is -2.14. The van der Waals surface area contributed by atoms with Crippen LogP contribution in [0.2, 0.25) is 0 Å². The third-order valence-electron chi connectivity index (χ3n) is 4.79. The van der Waals surface area contributed by atoms with Crippen LogP contribution in [0.15, 0.2) is 12.1 Å². The lowest BCUT2D eigenvalue weighted by atomic mass is 10.0. The Morgan fingerprint density at radius 1 is 1.25 bits per heavy atom. The molecule has 0 amide bonds. The molecule has 130 valence electrons. The van der Waals surface area contributed by atoms with E-state index in [1.54, 1.807) is 0 Å². The van der Waals surface area contributed by atoms with Gasteiger partial charge in [-0.05, 0) is 63.1 Å². The van der Waals surface area contributed by atoms with E-state index in [1.807, 2.05) is 13.8 Å². The first-order valence-electron chi connectivity index (χ1n) is 8.92. The Morgan fingerprint density at radius 3 is 2.54 bits per heavy atom. The maximum Gasteiger partial charge on any atom is 0.310 e. The van der Waals surface area contributed by atoms with Gasteiger partial charge in [0.05, 0.1) is 12.5 Å². The number of nitrogens with zero attached hydrogens (tertiary/aromatic N) is 2. The van der Waals surface area contributed by atoms with Gasteiger partial charge in [-0.2, -0.15) is 0 Å². The Balaban J connectivity index is 2.08. The van der Waals surface area contributed by atoms with Gasteiger partial charge in [0, 0.05) is 36.2 Å². The molecule has 0 unspecified atom stereocenters. The number of ether oxygens (including phenoxy) is 1. The number of hydrogen-bond acceptors (Lipinski definition) is 3. The molecule has 0 saturated carbocycles.